The van der Waals surface area contributed by atoms with Crippen LogP contribution in [0.25, 0.3) is 22.3 Å². The van der Waals surface area contributed by atoms with Crippen LogP contribution in [0.1, 0.15) is 184 Å². The third-order valence-electron chi connectivity index (χ3n) is 15.8. The molecule has 0 aliphatic carbocycles. The molecule has 4 N–H and O–H groups in total. The largest absolute Gasteiger partial charge is 0.327 e. The third-order valence-corrected chi connectivity index (χ3v) is 15.8. The van der Waals surface area contributed by atoms with E-state index in [1.54, 1.807) is 0 Å². The second-order valence-electron chi connectivity index (χ2n) is 25.8. The Balaban J connectivity index is 1.15. The Morgan fingerprint density at radius 3 is 0.662 bits per heavy atom. The van der Waals surface area contributed by atoms with Gasteiger partial charge in [0.25, 0.3) is 0 Å². The number of hydrogen-bond acceptors (Lipinski definition) is 2. The minimum Gasteiger partial charge on any atom is -0.327 e. The molecule has 10 aromatic rings. The van der Waals surface area contributed by atoms with Gasteiger partial charge in [0.1, 0.15) is 69.2 Å². The van der Waals surface area contributed by atoms with Crippen LogP contribution in [0, 0.1) is 46.3 Å². The van der Waals surface area contributed by atoms with Crippen LogP contribution in [-0.4, -0.2) is 19.9 Å². The van der Waals surface area contributed by atoms with E-state index in [2.05, 4.69) is 249 Å². The number of aromatic nitrogens is 4. The van der Waals surface area contributed by atoms with Gasteiger partial charge >= 0.3 is 0 Å². The molecule has 392 valence electrons. The number of nitrogens with zero attached hydrogens (tertiary/aromatic N) is 2. The van der Waals surface area contributed by atoms with E-state index in [1.165, 1.54) is 22.3 Å². The van der Waals surface area contributed by atoms with Crippen LogP contribution in [0.15, 0.2) is 182 Å². The van der Waals surface area contributed by atoms with E-state index in [1.807, 2.05) is 48.5 Å². The fourth-order valence-corrected chi connectivity index (χ4v) is 11.0. The van der Waals surface area contributed by atoms with E-state index < -0.39 is 0 Å². The van der Waals surface area contributed by atoms with Crippen molar-refractivity contribution in [2.75, 3.05) is 0 Å². The van der Waals surface area contributed by atoms with Crippen LogP contribution in [0.4, 0.5) is 0 Å². The van der Waals surface area contributed by atoms with Crippen LogP contribution in [0.3, 0.4) is 0 Å². The van der Waals surface area contributed by atoms with Crippen molar-refractivity contribution in [3.63, 3.8) is 0 Å². The Hall–Kier alpha value is -9.10. The highest BCUT2D eigenvalue weighted by molar-refractivity contribution is 5.70. The van der Waals surface area contributed by atoms with Gasteiger partial charge in [-0.1, -0.05) is 107 Å². The predicted molar refractivity (Wildman–Crippen MR) is 326 cm³/mol. The zero-order chi connectivity index (χ0) is 56.5. The lowest BCUT2D eigenvalue weighted by Crippen LogP contribution is -2.19. The van der Waals surface area contributed by atoms with Gasteiger partial charge in [0, 0.05) is 48.5 Å². The summed E-state index contributed by atoms with van der Waals surface area (Å²) in [6, 6.07) is 69.8. The standard InChI is InChI=1S/C74H70N6/c1-71(2,3)55-37-53(38-56(41-55)72(4,5)6)69-63-33-31-61(78-63)67(51-25-21-49(22-26-51)47-17-13-45(43-75)14-18-47)59-29-30-60(77-59)68(52-27-23-50(24-28-52)48-19-15-46(44-76)16-20-48)62-32-34-64(79-62)70(66-36-35-65(69)80-66)54-39-57(73(7,8)9)42-58(40-54)74(10,11)12/h13-42,77-80H,1-12H3/q+4. The topological polar surface area (TPSA) is 111 Å². The molecule has 4 aromatic heterocycles. The summed E-state index contributed by atoms with van der Waals surface area (Å²) in [5.74, 6) is 4.22. The van der Waals surface area contributed by atoms with Gasteiger partial charge < -0.3 is 19.9 Å². The Labute approximate surface area is 474 Å². The normalized spacial score (nSPS) is 13.1. The molecule has 1 aliphatic rings. The van der Waals surface area contributed by atoms with E-state index >= 15 is 0 Å². The molecule has 6 nitrogen and oxygen atoms in total. The van der Waals surface area contributed by atoms with Crippen LogP contribution >= 0.6 is 0 Å². The zero-order valence-electron chi connectivity index (χ0n) is 48.2. The number of H-pyrrole nitrogens is 4. The Kier molecular flexibility index (Phi) is 13.2. The molecule has 0 radical (unpaired) electrons. The zero-order valence-corrected chi connectivity index (χ0v) is 48.2. The molecule has 0 atom stereocenters. The van der Waals surface area contributed by atoms with Crippen LogP contribution in [-0.2, 0) is 21.7 Å². The summed E-state index contributed by atoms with van der Waals surface area (Å²) in [6.07, 6.45) is 0. The number of nitriles is 2. The molecule has 5 heterocycles. The number of fused-ring (bicyclic) bond motifs is 8. The molecule has 11 rings (SSSR count). The number of rotatable bonds is 6. The van der Waals surface area contributed by atoms with Crippen molar-refractivity contribution in [1.82, 2.24) is 19.9 Å². The number of nitrogens with one attached hydrogen (secondary N) is 4. The Morgan fingerprint density at radius 2 is 0.463 bits per heavy atom. The van der Waals surface area contributed by atoms with Gasteiger partial charge in [0.2, 0.25) is 0 Å². The first-order valence-electron chi connectivity index (χ1n) is 27.8. The van der Waals surface area contributed by atoms with E-state index in [4.69, 9.17) is 0 Å². The first-order valence-corrected chi connectivity index (χ1v) is 27.8. The summed E-state index contributed by atoms with van der Waals surface area (Å²) in [7, 11) is 0. The van der Waals surface area contributed by atoms with Crippen molar-refractivity contribution in [2.24, 2.45) is 0 Å². The Bertz CT molecular complexity index is 3620. The van der Waals surface area contributed by atoms with E-state index in [9.17, 15) is 10.5 Å². The van der Waals surface area contributed by atoms with Gasteiger partial charge in [-0.05, 0) is 127 Å². The maximum absolute atomic E-state index is 9.53. The van der Waals surface area contributed by atoms with Crippen molar-refractivity contribution in [3.05, 3.63) is 307 Å². The van der Waals surface area contributed by atoms with Crippen LogP contribution in [0.2, 0.25) is 0 Å². The second-order valence-corrected chi connectivity index (χ2v) is 25.8. The molecule has 0 amide bonds. The summed E-state index contributed by atoms with van der Waals surface area (Å²) < 4.78 is 0. The van der Waals surface area contributed by atoms with E-state index in [0.717, 1.165) is 114 Å². The van der Waals surface area contributed by atoms with Gasteiger partial charge in [-0.25, -0.2) is 0 Å². The molecule has 1 aliphatic heterocycles. The minimum absolute atomic E-state index is 0.106. The van der Waals surface area contributed by atoms with Crippen molar-refractivity contribution >= 4 is 0 Å². The van der Waals surface area contributed by atoms with Crippen LogP contribution in [0.5, 0.6) is 0 Å². The Morgan fingerprint density at radius 1 is 0.263 bits per heavy atom. The van der Waals surface area contributed by atoms with Crippen molar-refractivity contribution < 1.29 is 0 Å². The molecular weight excluding hydrogens is 973 g/mol. The van der Waals surface area contributed by atoms with Crippen molar-refractivity contribution in [3.8, 4) is 34.4 Å². The smallest absolute Gasteiger partial charge is 0.126 e. The van der Waals surface area contributed by atoms with E-state index in [-0.39, 0.29) is 21.7 Å². The van der Waals surface area contributed by atoms with Crippen LogP contribution < -0.4 is 0 Å². The van der Waals surface area contributed by atoms with Gasteiger partial charge in [0.05, 0.1) is 94.1 Å². The molecule has 8 bridgehead atoms. The summed E-state index contributed by atoms with van der Waals surface area (Å²) in [5, 5.41) is 19.1. The fourth-order valence-electron chi connectivity index (χ4n) is 11.0. The highest BCUT2D eigenvalue weighted by Gasteiger charge is 2.40. The number of benzene rings is 6. The SMILES string of the molecule is CC(C)(C)c1cc([C+]2c3ccc([nH]3)[C+](c3ccc(-c4ccc(C#N)cc4)cc3)c3ccc([nH]3)[C+](c3ccc(-c4ccc(C#N)cc4)cc3)c3ccc([nH]3)[C+](c3cc(C(C)(C)C)cc(C(C)(C)C)c3)c3ccc2[nH]3)cc(C(C)(C)C)c1. The van der Waals surface area contributed by atoms with Gasteiger partial charge in [-0.15, -0.1) is 0 Å². The van der Waals surface area contributed by atoms with Gasteiger partial charge in [-0.3, -0.25) is 0 Å². The lowest BCUT2D eigenvalue weighted by Gasteiger charge is -2.25. The van der Waals surface area contributed by atoms with Gasteiger partial charge in [0.15, 0.2) is 0 Å². The monoisotopic (exact) mass is 1040 g/mol. The highest BCUT2D eigenvalue weighted by Crippen LogP contribution is 2.44. The molecule has 6 aromatic carbocycles. The maximum atomic E-state index is 9.53. The average molecular weight is 1040 g/mol. The summed E-state index contributed by atoms with van der Waals surface area (Å²) in [5.41, 5.74) is 22.4. The average Bonchev–Trinajstić information content (AvgIpc) is 4.40. The number of aromatic amines is 4. The van der Waals surface area contributed by atoms with E-state index in [0.29, 0.717) is 11.1 Å². The molecule has 0 spiro atoms. The summed E-state index contributed by atoms with van der Waals surface area (Å²) in [6.45, 7) is 27.7. The lowest BCUT2D eigenvalue weighted by atomic mass is 9.77. The molecular formula is C74H70N6+4. The summed E-state index contributed by atoms with van der Waals surface area (Å²) >= 11 is 0. The van der Waals surface area contributed by atoms with Crippen molar-refractivity contribution in [2.45, 2.75) is 105 Å². The second kappa shape index (κ2) is 20.0. The molecule has 0 saturated carbocycles. The highest BCUT2D eigenvalue weighted by atomic mass is 14.8. The number of hydrogen-bond donors (Lipinski definition) is 4. The quantitative estimate of drug-likeness (QED) is 0.124. The molecule has 0 unspecified atom stereocenters. The maximum Gasteiger partial charge on any atom is 0.126 e. The fraction of sp³-hybridized carbons (Fsp3) is 0.216. The first kappa shape index (κ1) is 52.9. The molecule has 6 heteroatoms. The predicted octanol–water partition coefficient (Wildman–Crippen LogP) is 17.7. The molecule has 0 saturated heterocycles. The molecule has 0 fully saturated rings. The van der Waals surface area contributed by atoms with Crippen molar-refractivity contribution in [1.29, 1.82) is 10.5 Å². The molecule has 80 heavy (non-hydrogen) atoms. The summed E-state index contributed by atoms with van der Waals surface area (Å²) in [4.78, 5) is 16.2. The minimum atomic E-state index is -0.106. The lowest BCUT2D eigenvalue weighted by molar-refractivity contribution is 0.567. The third kappa shape index (κ3) is 10.4. The first-order chi connectivity index (χ1) is 38.0. The van der Waals surface area contributed by atoms with Gasteiger partial charge in [-0.2, -0.15) is 10.5 Å².